The van der Waals surface area contributed by atoms with Gasteiger partial charge in [-0.05, 0) is 31.4 Å². The molecule has 1 fully saturated rings. The molecule has 8 nitrogen and oxygen atoms in total. The Kier molecular flexibility index (Phi) is 8.89. The summed E-state index contributed by atoms with van der Waals surface area (Å²) in [5.41, 5.74) is -0.145. The Morgan fingerprint density at radius 1 is 1.28 bits per heavy atom. The summed E-state index contributed by atoms with van der Waals surface area (Å²) in [6, 6.07) is 6.48. The van der Waals surface area contributed by atoms with Crippen molar-refractivity contribution in [1.29, 1.82) is 0 Å². The fraction of sp³-hybridized carbons (Fsp3) is 0.591. The number of anilines is 1. The van der Waals surface area contributed by atoms with Crippen LogP contribution in [0.3, 0.4) is 0 Å². The minimum atomic E-state index is -3.79. The molecular weight excluding hydrogens is 450 g/mol. The molecule has 0 unspecified atom stereocenters. The van der Waals surface area contributed by atoms with E-state index in [1.54, 1.807) is 17.5 Å². The SMILES string of the molecule is CCC(O)(CC)Cc1csc(NS(=O)(=O)c2cccc(OCCCN3CCOCC3)c2)n1. The quantitative estimate of drug-likeness (QED) is 0.447. The number of morpholine rings is 1. The summed E-state index contributed by atoms with van der Waals surface area (Å²) in [6.45, 7) is 8.72. The molecule has 0 aliphatic carbocycles. The molecule has 2 N–H and O–H groups in total. The number of ether oxygens (including phenoxy) is 2. The molecule has 0 atom stereocenters. The first-order valence-electron chi connectivity index (χ1n) is 11.1. The van der Waals surface area contributed by atoms with E-state index < -0.39 is 15.6 Å². The fourth-order valence-electron chi connectivity index (χ4n) is 3.48. The number of hydrogen-bond acceptors (Lipinski definition) is 8. The van der Waals surface area contributed by atoms with Crippen LogP contribution >= 0.6 is 11.3 Å². The van der Waals surface area contributed by atoms with Crippen molar-refractivity contribution in [2.24, 2.45) is 0 Å². The largest absolute Gasteiger partial charge is 0.494 e. The lowest BCUT2D eigenvalue weighted by molar-refractivity contribution is 0.0319. The van der Waals surface area contributed by atoms with Crippen molar-refractivity contribution in [3.05, 3.63) is 35.3 Å². The molecule has 0 spiro atoms. The summed E-state index contributed by atoms with van der Waals surface area (Å²) in [5.74, 6) is 0.519. The molecule has 0 bridgehead atoms. The van der Waals surface area contributed by atoms with Crippen molar-refractivity contribution in [2.75, 3.05) is 44.2 Å². The average molecular weight is 484 g/mol. The lowest BCUT2D eigenvalue weighted by Gasteiger charge is -2.26. The Morgan fingerprint density at radius 3 is 2.75 bits per heavy atom. The lowest BCUT2D eigenvalue weighted by Crippen LogP contribution is -2.37. The van der Waals surface area contributed by atoms with E-state index in [0.717, 1.165) is 39.3 Å². The minimum Gasteiger partial charge on any atom is -0.494 e. The van der Waals surface area contributed by atoms with Gasteiger partial charge in [0.15, 0.2) is 5.13 Å². The molecule has 1 saturated heterocycles. The van der Waals surface area contributed by atoms with Gasteiger partial charge >= 0.3 is 0 Å². The monoisotopic (exact) mass is 483 g/mol. The van der Waals surface area contributed by atoms with E-state index >= 15 is 0 Å². The van der Waals surface area contributed by atoms with Gasteiger partial charge in [0.05, 0.1) is 36.0 Å². The third kappa shape index (κ3) is 7.14. The maximum Gasteiger partial charge on any atom is 0.263 e. The van der Waals surface area contributed by atoms with E-state index in [-0.39, 0.29) is 10.0 Å². The highest BCUT2D eigenvalue weighted by Gasteiger charge is 2.25. The zero-order chi connectivity index (χ0) is 23.0. The molecule has 0 amide bonds. The highest BCUT2D eigenvalue weighted by atomic mass is 32.2. The van der Waals surface area contributed by atoms with Crippen LogP contribution in [0.5, 0.6) is 5.75 Å². The lowest BCUT2D eigenvalue weighted by atomic mass is 9.92. The highest BCUT2D eigenvalue weighted by Crippen LogP contribution is 2.26. The van der Waals surface area contributed by atoms with Crippen molar-refractivity contribution in [3.63, 3.8) is 0 Å². The summed E-state index contributed by atoms with van der Waals surface area (Å²) >= 11 is 1.21. The molecular formula is C22H33N3O5S2. The van der Waals surface area contributed by atoms with Crippen LogP contribution in [0.2, 0.25) is 0 Å². The first-order valence-corrected chi connectivity index (χ1v) is 13.4. The van der Waals surface area contributed by atoms with Crippen LogP contribution in [0, 0.1) is 0 Å². The molecule has 0 radical (unpaired) electrons. The second-order valence-corrected chi connectivity index (χ2v) is 10.5. The van der Waals surface area contributed by atoms with Gasteiger partial charge in [0.1, 0.15) is 5.75 Å². The molecule has 178 valence electrons. The predicted molar refractivity (Wildman–Crippen MR) is 126 cm³/mol. The Morgan fingerprint density at radius 2 is 2.03 bits per heavy atom. The Hall–Kier alpha value is -1.72. The number of aromatic nitrogens is 1. The van der Waals surface area contributed by atoms with Crippen LogP contribution in [-0.2, 0) is 21.2 Å². The molecule has 1 aliphatic heterocycles. The van der Waals surface area contributed by atoms with Gasteiger partial charge in [-0.25, -0.2) is 13.4 Å². The number of nitrogens with zero attached hydrogens (tertiary/aromatic N) is 2. The van der Waals surface area contributed by atoms with Gasteiger partial charge in [-0.3, -0.25) is 9.62 Å². The number of sulfonamides is 1. The van der Waals surface area contributed by atoms with Gasteiger partial charge in [-0.15, -0.1) is 11.3 Å². The second kappa shape index (κ2) is 11.4. The topological polar surface area (TPSA) is 101 Å². The van der Waals surface area contributed by atoms with Crippen molar-refractivity contribution in [3.8, 4) is 5.75 Å². The number of nitrogens with one attached hydrogen (secondary N) is 1. The fourth-order valence-corrected chi connectivity index (χ4v) is 5.48. The average Bonchev–Trinajstić information content (AvgIpc) is 3.23. The molecule has 1 aliphatic rings. The highest BCUT2D eigenvalue weighted by molar-refractivity contribution is 7.93. The first kappa shape index (κ1) is 24.9. The van der Waals surface area contributed by atoms with Gasteiger partial charge in [0.25, 0.3) is 10.0 Å². The summed E-state index contributed by atoms with van der Waals surface area (Å²) in [4.78, 5) is 6.81. The van der Waals surface area contributed by atoms with E-state index in [2.05, 4.69) is 14.6 Å². The van der Waals surface area contributed by atoms with Gasteiger partial charge in [0.2, 0.25) is 0 Å². The van der Waals surface area contributed by atoms with E-state index in [0.29, 0.717) is 37.3 Å². The third-order valence-electron chi connectivity index (χ3n) is 5.71. The van der Waals surface area contributed by atoms with Crippen LogP contribution in [-0.4, -0.2) is 68.5 Å². The summed E-state index contributed by atoms with van der Waals surface area (Å²) in [6.07, 6.45) is 2.48. The van der Waals surface area contributed by atoms with Crippen LogP contribution in [0.15, 0.2) is 34.5 Å². The van der Waals surface area contributed by atoms with E-state index in [1.807, 2.05) is 13.8 Å². The predicted octanol–water partition coefficient (Wildman–Crippen LogP) is 3.14. The molecule has 1 aromatic carbocycles. The van der Waals surface area contributed by atoms with Gasteiger partial charge in [-0.1, -0.05) is 19.9 Å². The standard InChI is InChI=1S/C22H33N3O5S2/c1-3-22(26,4-2)16-18-17-31-21(23-18)24-32(27,28)20-8-5-7-19(15-20)30-12-6-9-25-10-13-29-14-11-25/h5,7-8,15,17,26H,3-4,6,9-14,16H2,1-2H3,(H,23,24). The number of benzene rings is 1. The maximum absolute atomic E-state index is 12.8. The zero-order valence-electron chi connectivity index (χ0n) is 18.7. The molecule has 0 saturated carbocycles. The minimum absolute atomic E-state index is 0.124. The van der Waals surface area contributed by atoms with Crippen molar-refractivity contribution < 1.29 is 23.0 Å². The summed E-state index contributed by atoms with van der Waals surface area (Å²) < 4.78 is 39.3. The molecule has 1 aromatic heterocycles. The Labute approximate surface area is 194 Å². The van der Waals surface area contributed by atoms with Crippen LogP contribution in [0.4, 0.5) is 5.13 Å². The van der Waals surface area contributed by atoms with Gasteiger partial charge < -0.3 is 14.6 Å². The van der Waals surface area contributed by atoms with E-state index in [1.165, 1.54) is 23.5 Å². The number of aliphatic hydroxyl groups is 1. The number of thiazole rings is 1. The van der Waals surface area contributed by atoms with Crippen LogP contribution < -0.4 is 9.46 Å². The van der Waals surface area contributed by atoms with E-state index in [9.17, 15) is 13.5 Å². The van der Waals surface area contributed by atoms with Crippen molar-refractivity contribution in [1.82, 2.24) is 9.88 Å². The second-order valence-electron chi connectivity index (χ2n) is 7.99. The molecule has 2 heterocycles. The van der Waals surface area contributed by atoms with Crippen LogP contribution in [0.25, 0.3) is 0 Å². The first-order chi connectivity index (χ1) is 15.3. The normalized spacial score (nSPS) is 15.6. The van der Waals surface area contributed by atoms with Crippen molar-refractivity contribution in [2.45, 2.75) is 50.0 Å². The summed E-state index contributed by atoms with van der Waals surface area (Å²) in [5, 5.41) is 12.6. The van der Waals surface area contributed by atoms with Gasteiger partial charge in [-0.2, -0.15) is 0 Å². The zero-order valence-corrected chi connectivity index (χ0v) is 20.4. The van der Waals surface area contributed by atoms with E-state index in [4.69, 9.17) is 9.47 Å². The molecule has 2 aromatic rings. The van der Waals surface area contributed by atoms with Crippen LogP contribution in [0.1, 0.15) is 38.8 Å². The molecule has 3 rings (SSSR count). The van der Waals surface area contributed by atoms with Crippen molar-refractivity contribution >= 4 is 26.5 Å². The third-order valence-corrected chi connectivity index (χ3v) is 7.98. The molecule has 10 heteroatoms. The summed E-state index contributed by atoms with van der Waals surface area (Å²) in [7, 11) is -3.79. The maximum atomic E-state index is 12.8. The Bertz CT molecular complexity index is 954. The van der Waals surface area contributed by atoms with Gasteiger partial charge in [0, 0.05) is 37.5 Å². The number of hydrogen-bond donors (Lipinski definition) is 2. The number of rotatable bonds is 12. The smallest absolute Gasteiger partial charge is 0.263 e. The Balaban J connectivity index is 1.55. The molecule has 32 heavy (non-hydrogen) atoms.